The van der Waals surface area contributed by atoms with Gasteiger partial charge in [-0.1, -0.05) is 13.0 Å². The first-order valence-electron chi connectivity index (χ1n) is 9.74. The van der Waals surface area contributed by atoms with Gasteiger partial charge in [-0.25, -0.2) is 15.2 Å². The zero-order valence-corrected chi connectivity index (χ0v) is 17.9. The number of hydrazine groups is 1. The van der Waals surface area contributed by atoms with Gasteiger partial charge in [-0.2, -0.15) is 13.2 Å². The number of hydrogen-bond donors (Lipinski definition) is 2. The normalized spacial score (nSPS) is 25.0. The summed E-state index contributed by atoms with van der Waals surface area (Å²) < 4.78 is 66.3. The number of rotatable bonds is 5. The molecule has 3 rings (SSSR count). The van der Waals surface area contributed by atoms with Crippen molar-refractivity contribution >= 4 is 17.5 Å². The van der Waals surface area contributed by atoms with Gasteiger partial charge < -0.3 is 15.2 Å². The molecule has 1 aromatic heterocycles. The quantitative estimate of drug-likeness (QED) is 0.300. The number of amides is 2. The van der Waals surface area contributed by atoms with Crippen LogP contribution in [0.15, 0.2) is 36.5 Å². The Bertz CT molecular complexity index is 1080. The molecule has 8 nitrogen and oxygen atoms in total. The Balaban J connectivity index is 2.09. The van der Waals surface area contributed by atoms with Crippen LogP contribution in [-0.4, -0.2) is 41.8 Å². The standard InChI is InChI=1S/C21H22F4N4O4/c1-10-16(13-5-4-11(22)8-15(13)32-3)17(33-20(10,2)21(23,24)25)19(31)29(27)12-6-7-28-14(9-12)18(26)30/h4-10,16-17H,27H2,1-3H3,(H2,26,30)/t10-,16-,17+,20+/m0/s1. The molecule has 2 heterocycles. The zero-order chi connectivity index (χ0) is 24.7. The largest absolute Gasteiger partial charge is 0.496 e. The van der Waals surface area contributed by atoms with Gasteiger partial charge in [0.1, 0.15) is 23.4 Å². The Morgan fingerprint density at radius 3 is 2.48 bits per heavy atom. The van der Waals surface area contributed by atoms with E-state index in [0.717, 1.165) is 25.1 Å². The summed E-state index contributed by atoms with van der Waals surface area (Å²) in [5.41, 5.74) is 2.39. The van der Waals surface area contributed by atoms with E-state index >= 15 is 0 Å². The fourth-order valence-electron chi connectivity index (χ4n) is 3.94. The van der Waals surface area contributed by atoms with Gasteiger partial charge in [0, 0.05) is 29.7 Å². The molecule has 1 aliphatic rings. The summed E-state index contributed by atoms with van der Waals surface area (Å²) in [4.78, 5) is 28.4. The molecule has 1 fully saturated rings. The van der Waals surface area contributed by atoms with Crippen molar-refractivity contribution in [1.82, 2.24) is 4.98 Å². The number of carbonyl (C=O) groups is 2. The number of nitrogens with two attached hydrogens (primary N) is 2. The van der Waals surface area contributed by atoms with Crippen LogP contribution >= 0.6 is 0 Å². The number of hydrogen-bond acceptors (Lipinski definition) is 6. The summed E-state index contributed by atoms with van der Waals surface area (Å²) in [5.74, 6) is 0.832. The van der Waals surface area contributed by atoms with Crippen LogP contribution in [0.25, 0.3) is 0 Å². The minimum Gasteiger partial charge on any atom is -0.496 e. The van der Waals surface area contributed by atoms with Gasteiger partial charge in [0.05, 0.1) is 12.8 Å². The molecule has 178 valence electrons. The fraction of sp³-hybridized carbons (Fsp3) is 0.381. The molecule has 0 aliphatic carbocycles. The van der Waals surface area contributed by atoms with Gasteiger partial charge >= 0.3 is 6.18 Å². The lowest BCUT2D eigenvalue weighted by Crippen LogP contribution is -2.49. The Kier molecular flexibility index (Phi) is 6.35. The van der Waals surface area contributed by atoms with Crippen LogP contribution in [0.5, 0.6) is 5.75 Å². The van der Waals surface area contributed by atoms with Crippen LogP contribution in [0.4, 0.5) is 23.2 Å². The summed E-state index contributed by atoms with van der Waals surface area (Å²) in [6, 6.07) is 5.71. The third kappa shape index (κ3) is 4.23. The summed E-state index contributed by atoms with van der Waals surface area (Å²) in [6.45, 7) is 2.12. The molecule has 1 saturated heterocycles. The van der Waals surface area contributed by atoms with Crippen molar-refractivity contribution in [3.8, 4) is 5.75 Å². The van der Waals surface area contributed by atoms with E-state index in [0.29, 0.717) is 5.01 Å². The van der Waals surface area contributed by atoms with Crippen molar-refractivity contribution in [2.45, 2.75) is 37.6 Å². The lowest BCUT2D eigenvalue weighted by molar-refractivity contribution is -0.272. The Hall–Kier alpha value is -3.25. The lowest BCUT2D eigenvalue weighted by Gasteiger charge is -2.32. The van der Waals surface area contributed by atoms with Crippen LogP contribution in [0.3, 0.4) is 0 Å². The average Bonchev–Trinajstić information content (AvgIpc) is 3.04. The van der Waals surface area contributed by atoms with Gasteiger partial charge in [0.2, 0.25) is 0 Å². The SMILES string of the molecule is COc1cc(F)ccc1[C@H]1[C@H](C(=O)N(N)c2ccnc(C(N)=O)c2)O[C@@](C)(C(F)(F)F)[C@H]1C. The lowest BCUT2D eigenvalue weighted by atomic mass is 9.77. The average molecular weight is 470 g/mol. The fourth-order valence-corrected chi connectivity index (χ4v) is 3.94. The highest BCUT2D eigenvalue weighted by molar-refractivity contribution is 5.98. The van der Waals surface area contributed by atoms with E-state index in [-0.39, 0.29) is 22.7 Å². The molecule has 12 heteroatoms. The number of alkyl halides is 3. The maximum atomic E-state index is 14.0. The smallest absolute Gasteiger partial charge is 0.417 e. The number of carbonyl (C=O) groups excluding carboxylic acids is 2. The second-order valence-corrected chi connectivity index (χ2v) is 7.82. The first kappa shape index (κ1) is 24.4. The van der Waals surface area contributed by atoms with Gasteiger partial charge in [0.25, 0.3) is 11.8 Å². The maximum Gasteiger partial charge on any atom is 0.417 e. The molecule has 0 radical (unpaired) electrons. The molecular formula is C21H22F4N4O4. The van der Waals surface area contributed by atoms with E-state index in [1.807, 2.05) is 0 Å². The first-order valence-corrected chi connectivity index (χ1v) is 9.74. The van der Waals surface area contributed by atoms with Gasteiger partial charge in [0.15, 0.2) is 5.60 Å². The number of ether oxygens (including phenoxy) is 2. The van der Waals surface area contributed by atoms with Gasteiger partial charge in [-0.05, 0) is 25.1 Å². The molecule has 1 aromatic carbocycles. The van der Waals surface area contributed by atoms with Gasteiger partial charge in [-0.15, -0.1) is 0 Å². The number of nitrogens with zero attached hydrogens (tertiary/aromatic N) is 2. The van der Waals surface area contributed by atoms with Crippen molar-refractivity contribution in [1.29, 1.82) is 0 Å². The van der Waals surface area contributed by atoms with E-state index in [4.69, 9.17) is 21.1 Å². The van der Waals surface area contributed by atoms with Crippen LogP contribution in [0.2, 0.25) is 0 Å². The van der Waals surface area contributed by atoms with Crippen molar-refractivity contribution in [2.24, 2.45) is 17.5 Å². The topological polar surface area (TPSA) is 121 Å². The number of anilines is 1. The number of primary amides is 1. The Morgan fingerprint density at radius 1 is 1.24 bits per heavy atom. The highest BCUT2D eigenvalue weighted by Gasteiger charge is 2.66. The minimum atomic E-state index is -4.83. The molecule has 0 bridgehead atoms. The highest BCUT2D eigenvalue weighted by atomic mass is 19.4. The van der Waals surface area contributed by atoms with E-state index in [2.05, 4.69) is 4.98 Å². The number of pyridine rings is 1. The predicted octanol–water partition coefficient (Wildman–Crippen LogP) is 2.67. The highest BCUT2D eigenvalue weighted by Crippen LogP contribution is 2.54. The number of halogens is 4. The summed E-state index contributed by atoms with van der Waals surface area (Å²) in [7, 11) is 1.23. The minimum absolute atomic E-state index is 0.0366. The molecule has 0 unspecified atom stereocenters. The van der Waals surface area contributed by atoms with Gasteiger partial charge in [-0.3, -0.25) is 14.6 Å². The molecule has 4 N–H and O–H groups in total. The molecular weight excluding hydrogens is 448 g/mol. The van der Waals surface area contributed by atoms with E-state index in [1.54, 1.807) is 0 Å². The second-order valence-electron chi connectivity index (χ2n) is 7.82. The Labute approximate surface area is 186 Å². The molecule has 0 saturated carbocycles. The third-order valence-electron chi connectivity index (χ3n) is 5.98. The number of methoxy groups -OCH3 is 1. The predicted molar refractivity (Wildman–Crippen MR) is 109 cm³/mol. The second kappa shape index (κ2) is 8.60. The van der Waals surface area contributed by atoms with E-state index in [1.165, 1.54) is 32.4 Å². The van der Waals surface area contributed by atoms with Crippen LogP contribution in [-0.2, 0) is 9.53 Å². The molecule has 0 spiro atoms. The number of benzene rings is 1. The van der Waals surface area contributed by atoms with Crippen molar-refractivity contribution in [2.75, 3.05) is 12.1 Å². The van der Waals surface area contributed by atoms with Crippen LogP contribution in [0, 0.1) is 11.7 Å². The van der Waals surface area contributed by atoms with Crippen molar-refractivity contribution < 1.29 is 36.6 Å². The first-order chi connectivity index (χ1) is 15.3. The monoisotopic (exact) mass is 470 g/mol. The zero-order valence-electron chi connectivity index (χ0n) is 17.9. The van der Waals surface area contributed by atoms with Crippen LogP contribution in [0.1, 0.15) is 35.8 Å². The van der Waals surface area contributed by atoms with E-state index < -0.39 is 47.3 Å². The van der Waals surface area contributed by atoms with Crippen molar-refractivity contribution in [3.05, 3.63) is 53.6 Å². The maximum absolute atomic E-state index is 14.0. The molecule has 2 aromatic rings. The third-order valence-corrected chi connectivity index (χ3v) is 5.98. The molecule has 2 amide bonds. The van der Waals surface area contributed by atoms with E-state index in [9.17, 15) is 27.2 Å². The molecule has 4 atom stereocenters. The molecule has 33 heavy (non-hydrogen) atoms. The Morgan fingerprint density at radius 2 is 1.91 bits per heavy atom. The summed E-state index contributed by atoms with van der Waals surface area (Å²) >= 11 is 0. The summed E-state index contributed by atoms with van der Waals surface area (Å²) in [6.07, 6.45) is -5.37. The summed E-state index contributed by atoms with van der Waals surface area (Å²) in [5, 5.41) is 0.566. The number of aromatic nitrogens is 1. The molecule has 1 aliphatic heterocycles. The van der Waals surface area contributed by atoms with Crippen molar-refractivity contribution in [3.63, 3.8) is 0 Å². The van der Waals surface area contributed by atoms with Crippen LogP contribution < -0.4 is 21.3 Å².